The third-order valence-corrected chi connectivity index (χ3v) is 4.34. The molecule has 6 heteroatoms. The molecule has 0 radical (unpaired) electrons. The highest BCUT2D eigenvalue weighted by atomic mass is 35.5. The first-order valence-electron chi connectivity index (χ1n) is 7.02. The molecular formula is C14H16ClN5. The second-order valence-electron chi connectivity index (χ2n) is 5.60. The maximum atomic E-state index is 6.26. The lowest BCUT2D eigenvalue weighted by atomic mass is 10.0. The fourth-order valence-corrected chi connectivity index (χ4v) is 3.07. The van der Waals surface area contributed by atoms with Gasteiger partial charge >= 0.3 is 0 Å². The summed E-state index contributed by atoms with van der Waals surface area (Å²) in [5.74, 6) is 2.26. The van der Waals surface area contributed by atoms with E-state index in [1.165, 1.54) is 29.8 Å². The smallest absolute Gasteiger partial charge is 0.151 e. The lowest BCUT2D eigenvalue weighted by molar-refractivity contribution is 0.704. The molecule has 104 valence electrons. The molecule has 1 aliphatic heterocycles. The Bertz CT molecular complexity index is 662. The van der Waals surface area contributed by atoms with Crippen molar-refractivity contribution in [3.63, 3.8) is 0 Å². The lowest BCUT2D eigenvalue weighted by Crippen LogP contribution is -2.31. The van der Waals surface area contributed by atoms with Crippen LogP contribution in [0.5, 0.6) is 0 Å². The number of halogens is 1. The first-order valence-corrected chi connectivity index (χ1v) is 7.40. The van der Waals surface area contributed by atoms with E-state index >= 15 is 0 Å². The maximum Gasteiger partial charge on any atom is 0.151 e. The van der Waals surface area contributed by atoms with E-state index in [1.807, 2.05) is 6.92 Å². The van der Waals surface area contributed by atoms with Crippen molar-refractivity contribution in [3.05, 3.63) is 34.0 Å². The Morgan fingerprint density at radius 3 is 3.05 bits per heavy atom. The van der Waals surface area contributed by atoms with Crippen molar-refractivity contribution in [2.75, 3.05) is 11.4 Å². The first kappa shape index (κ1) is 12.1. The topological polar surface area (TPSA) is 57.7 Å². The Kier molecular flexibility index (Phi) is 2.70. The van der Waals surface area contributed by atoms with Crippen molar-refractivity contribution in [1.82, 2.24) is 20.2 Å². The lowest BCUT2D eigenvalue weighted by Gasteiger charge is -2.28. The average Bonchev–Trinajstić information content (AvgIpc) is 3.21. The second kappa shape index (κ2) is 4.45. The zero-order valence-corrected chi connectivity index (χ0v) is 12.1. The summed E-state index contributed by atoms with van der Waals surface area (Å²) in [4.78, 5) is 10.9. The van der Waals surface area contributed by atoms with Crippen molar-refractivity contribution < 1.29 is 0 Å². The predicted octanol–water partition coefficient (Wildman–Crippen LogP) is 2.60. The third kappa shape index (κ3) is 1.97. The normalized spacial score (nSPS) is 18.2. The van der Waals surface area contributed by atoms with Gasteiger partial charge < -0.3 is 4.90 Å². The molecule has 5 nitrogen and oxygen atoms in total. The van der Waals surface area contributed by atoms with Gasteiger partial charge in [0.05, 0.1) is 11.9 Å². The van der Waals surface area contributed by atoms with Crippen LogP contribution in [0.4, 0.5) is 5.82 Å². The Morgan fingerprint density at radius 2 is 2.25 bits per heavy atom. The Balaban J connectivity index is 1.68. The van der Waals surface area contributed by atoms with E-state index in [1.54, 1.807) is 6.20 Å². The summed E-state index contributed by atoms with van der Waals surface area (Å²) < 4.78 is 0. The van der Waals surface area contributed by atoms with Gasteiger partial charge in [0, 0.05) is 36.7 Å². The molecule has 0 spiro atoms. The van der Waals surface area contributed by atoms with Crippen LogP contribution in [-0.2, 0) is 13.0 Å². The molecule has 4 rings (SSSR count). The SMILES string of the molecule is Cc1ncc(Cl)c(N2CCc3[nH]nc(C4CC4)c3C2)n1. The second-order valence-corrected chi connectivity index (χ2v) is 6.01. The molecule has 1 aliphatic carbocycles. The van der Waals surface area contributed by atoms with Crippen LogP contribution >= 0.6 is 11.6 Å². The van der Waals surface area contributed by atoms with E-state index in [4.69, 9.17) is 11.6 Å². The van der Waals surface area contributed by atoms with Crippen LogP contribution in [0.3, 0.4) is 0 Å². The van der Waals surface area contributed by atoms with Crippen LogP contribution in [-0.4, -0.2) is 26.7 Å². The summed E-state index contributed by atoms with van der Waals surface area (Å²) in [5.41, 5.74) is 3.89. The van der Waals surface area contributed by atoms with E-state index in [0.717, 1.165) is 31.2 Å². The standard InChI is InChI=1S/C14H16ClN5/c1-8-16-6-11(15)14(17-8)20-5-4-12-10(7-20)13(19-18-12)9-2-3-9/h6,9H,2-5,7H2,1H3,(H,18,19). The van der Waals surface area contributed by atoms with Gasteiger partial charge in [-0.1, -0.05) is 11.6 Å². The summed E-state index contributed by atoms with van der Waals surface area (Å²) >= 11 is 6.26. The average molecular weight is 290 g/mol. The number of nitrogens with zero attached hydrogens (tertiary/aromatic N) is 4. The van der Waals surface area contributed by atoms with Crippen LogP contribution in [0, 0.1) is 6.92 Å². The third-order valence-electron chi connectivity index (χ3n) is 4.08. The summed E-state index contributed by atoms with van der Waals surface area (Å²) in [6.07, 6.45) is 5.19. The Labute approximate surface area is 122 Å². The molecule has 0 unspecified atom stereocenters. The summed E-state index contributed by atoms with van der Waals surface area (Å²) in [6.45, 7) is 3.64. The van der Waals surface area contributed by atoms with Gasteiger partial charge in [0.25, 0.3) is 0 Å². The van der Waals surface area contributed by atoms with Crippen molar-refractivity contribution in [2.45, 2.75) is 38.6 Å². The number of nitrogens with one attached hydrogen (secondary N) is 1. The molecule has 1 saturated carbocycles. The van der Waals surface area contributed by atoms with Gasteiger partial charge in [0.1, 0.15) is 10.8 Å². The summed E-state index contributed by atoms with van der Waals surface area (Å²) in [5, 5.41) is 8.33. The molecule has 0 amide bonds. The minimum Gasteiger partial charge on any atom is -0.350 e. The zero-order chi connectivity index (χ0) is 13.7. The minimum absolute atomic E-state index is 0.621. The molecule has 1 N–H and O–H groups in total. The number of aromatic nitrogens is 4. The number of aryl methyl sites for hydroxylation is 1. The van der Waals surface area contributed by atoms with E-state index in [0.29, 0.717) is 10.9 Å². The number of aromatic amines is 1. The van der Waals surface area contributed by atoms with Gasteiger partial charge in [0.15, 0.2) is 5.82 Å². The minimum atomic E-state index is 0.621. The number of hydrogen-bond donors (Lipinski definition) is 1. The molecule has 0 saturated heterocycles. The molecule has 20 heavy (non-hydrogen) atoms. The van der Waals surface area contributed by atoms with Crippen molar-refractivity contribution in [3.8, 4) is 0 Å². The fraction of sp³-hybridized carbons (Fsp3) is 0.500. The molecule has 2 aromatic heterocycles. The van der Waals surface area contributed by atoms with Crippen molar-refractivity contribution in [2.24, 2.45) is 0 Å². The van der Waals surface area contributed by atoms with E-state index in [-0.39, 0.29) is 0 Å². The van der Waals surface area contributed by atoms with E-state index < -0.39 is 0 Å². The molecule has 0 bridgehead atoms. The molecule has 2 aromatic rings. The van der Waals surface area contributed by atoms with E-state index in [9.17, 15) is 0 Å². The highest BCUT2D eigenvalue weighted by Gasteiger charge is 2.32. The van der Waals surface area contributed by atoms with E-state index in [2.05, 4.69) is 25.1 Å². The molecule has 1 fully saturated rings. The fourth-order valence-electron chi connectivity index (χ4n) is 2.86. The van der Waals surface area contributed by atoms with Gasteiger partial charge in [-0.05, 0) is 19.8 Å². The number of rotatable bonds is 2. The number of anilines is 1. The maximum absolute atomic E-state index is 6.26. The molecule has 2 aliphatic rings. The van der Waals surface area contributed by atoms with Crippen LogP contribution in [0.25, 0.3) is 0 Å². The Hall–Kier alpha value is -1.62. The summed E-state index contributed by atoms with van der Waals surface area (Å²) in [6, 6.07) is 0. The zero-order valence-electron chi connectivity index (χ0n) is 11.4. The highest BCUT2D eigenvalue weighted by molar-refractivity contribution is 6.32. The predicted molar refractivity (Wildman–Crippen MR) is 77.1 cm³/mol. The van der Waals surface area contributed by atoms with Crippen LogP contribution < -0.4 is 4.90 Å². The monoisotopic (exact) mass is 289 g/mol. The molecule has 0 atom stereocenters. The van der Waals surface area contributed by atoms with Crippen molar-refractivity contribution >= 4 is 17.4 Å². The summed E-state index contributed by atoms with van der Waals surface area (Å²) in [7, 11) is 0. The van der Waals surface area contributed by atoms with Gasteiger partial charge in [-0.15, -0.1) is 0 Å². The largest absolute Gasteiger partial charge is 0.350 e. The molecular weight excluding hydrogens is 274 g/mol. The van der Waals surface area contributed by atoms with Crippen LogP contribution in [0.2, 0.25) is 5.02 Å². The van der Waals surface area contributed by atoms with Gasteiger partial charge in [-0.3, -0.25) is 5.10 Å². The molecule has 3 heterocycles. The quantitative estimate of drug-likeness (QED) is 0.923. The first-order chi connectivity index (χ1) is 9.72. The van der Waals surface area contributed by atoms with Crippen LogP contribution in [0.1, 0.15) is 41.5 Å². The van der Waals surface area contributed by atoms with Gasteiger partial charge in [0.2, 0.25) is 0 Å². The van der Waals surface area contributed by atoms with Gasteiger partial charge in [-0.25, -0.2) is 9.97 Å². The van der Waals surface area contributed by atoms with Crippen LogP contribution in [0.15, 0.2) is 6.20 Å². The number of fused-ring (bicyclic) bond motifs is 1. The van der Waals surface area contributed by atoms with Gasteiger partial charge in [-0.2, -0.15) is 5.10 Å². The number of H-pyrrole nitrogens is 1. The van der Waals surface area contributed by atoms with Crippen molar-refractivity contribution in [1.29, 1.82) is 0 Å². The number of hydrogen-bond acceptors (Lipinski definition) is 4. The Morgan fingerprint density at radius 1 is 1.40 bits per heavy atom. The molecule has 0 aromatic carbocycles. The highest BCUT2D eigenvalue weighted by Crippen LogP contribution is 2.42.